The molecule has 2 rings (SSSR count). The number of nitrogens with zero attached hydrogens (tertiary/aromatic N) is 2. The smallest absolute Gasteiger partial charge is 0.387 e. The Labute approximate surface area is 176 Å². The summed E-state index contributed by atoms with van der Waals surface area (Å²) in [5.41, 5.74) is 0.547. The van der Waals surface area contributed by atoms with Crippen molar-refractivity contribution in [2.45, 2.75) is 45.8 Å². The number of aliphatic hydroxyl groups is 1. The van der Waals surface area contributed by atoms with E-state index in [1.54, 1.807) is 0 Å². The summed E-state index contributed by atoms with van der Waals surface area (Å²) in [5, 5.41) is 16.5. The predicted octanol–water partition coefficient (Wildman–Crippen LogP) is 2.53. The molecule has 30 heavy (non-hydrogen) atoms. The number of rotatable bonds is 9. The van der Waals surface area contributed by atoms with Gasteiger partial charge in [0.1, 0.15) is 5.75 Å². The van der Waals surface area contributed by atoms with Crippen LogP contribution in [0, 0.1) is 5.92 Å². The maximum Gasteiger partial charge on any atom is 0.387 e. The van der Waals surface area contributed by atoms with Crippen LogP contribution in [0.15, 0.2) is 29.3 Å². The third-order valence-electron chi connectivity index (χ3n) is 4.90. The summed E-state index contributed by atoms with van der Waals surface area (Å²) in [4.78, 5) is 18.6. The summed E-state index contributed by atoms with van der Waals surface area (Å²) >= 11 is 0. The number of piperidine rings is 1. The number of hydrogen-bond donors (Lipinski definition) is 3. The number of carbonyl (C=O) groups excluding carboxylic acids is 1. The fraction of sp³-hybridized carbons (Fsp3) is 0.619. The first kappa shape index (κ1) is 23.9. The van der Waals surface area contributed by atoms with Gasteiger partial charge in [0, 0.05) is 32.6 Å². The molecule has 0 spiro atoms. The monoisotopic (exact) mass is 426 g/mol. The second-order valence-corrected chi connectivity index (χ2v) is 7.45. The standard InChI is InChI=1S/C21H32F2N4O3/c1-3-24-21(25-11-10-19(29)27-12-4-5-15(2)14-27)26-13-18(28)16-6-8-17(9-7-16)30-20(22)23/h6-9,15,18,20,28H,3-5,10-14H2,1-2H3,(H2,24,25,26). The Morgan fingerprint density at radius 1 is 1.33 bits per heavy atom. The molecule has 1 fully saturated rings. The summed E-state index contributed by atoms with van der Waals surface area (Å²) in [5.74, 6) is 1.23. The number of aliphatic hydroxyl groups excluding tert-OH is 1. The van der Waals surface area contributed by atoms with Crippen LogP contribution in [0.4, 0.5) is 8.78 Å². The van der Waals surface area contributed by atoms with Crippen LogP contribution in [0.5, 0.6) is 5.75 Å². The van der Waals surface area contributed by atoms with Crippen molar-refractivity contribution in [3.8, 4) is 5.75 Å². The van der Waals surface area contributed by atoms with Crippen molar-refractivity contribution in [3.63, 3.8) is 0 Å². The zero-order chi connectivity index (χ0) is 21.9. The van der Waals surface area contributed by atoms with Crippen LogP contribution in [0.25, 0.3) is 0 Å². The molecule has 1 aliphatic rings. The molecule has 0 aromatic heterocycles. The first-order valence-corrected chi connectivity index (χ1v) is 10.4. The van der Waals surface area contributed by atoms with E-state index in [2.05, 4.69) is 27.3 Å². The summed E-state index contributed by atoms with van der Waals surface area (Å²) in [7, 11) is 0. The largest absolute Gasteiger partial charge is 0.435 e. The van der Waals surface area contributed by atoms with Gasteiger partial charge in [-0.3, -0.25) is 9.79 Å². The quantitative estimate of drug-likeness (QED) is 0.417. The molecule has 1 aromatic carbocycles. The first-order chi connectivity index (χ1) is 14.4. The van der Waals surface area contributed by atoms with Gasteiger partial charge in [0.05, 0.1) is 12.6 Å². The molecule has 1 aliphatic heterocycles. The Morgan fingerprint density at radius 3 is 2.70 bits per heavy atom. The number of aliphatic imine (C=N–C) groups is 1. The van der Waals surface area contributed by atoms with Gasteiger partial charge < -0.3 is 25.4 Å². The summed E-state index contributed by atoms with van der Waals surface area (Å²) in [6, 6.07) is 5.81. The highest BCUT2D eigenvalue weighted by molar-refractivity contribution is 5.81. The number of amides is 1. The zero-order valence-corrected chi connectivity index (χ0v) is 17.6. The Hall–Kier alpha value is -2.42. The summed E-state index contributed by atoms with van der Waals surface area (Å²) < 4.78 is 28.7. The predicted molar refractivity (Wildman–Crippen MR) is 112 cm³/mol. The number of halogens is 2. The lowest BCUT2D eigenvalue weighted by molar-refractivity contribution is -0.132. The molecule has 7 nitrogen and oxygen atoms in total. The van der Waals surface area contributed by atoms with Crippen molar-refractivity contribution in [3.05, 3.63) is 29.8 Å². The van der Waals surface area contributed by atoms with E-state index in [1.807, 2.05) is 11.8 Å². The van der Waals surface area contributed by atoms with Crippen molar-refractivity contribution in [1.29, 1.82) is 0 Å². The lowest BCUT2D eigenvalue weighted by Crippen LogP contribution is -2.42. The third-order valence-corrected chi connectivity index (χ3v) is 4.90. The first-order valence-electron chi connectivity index (χ1n) is 10.4. The van der Waals surface area contributed by atoms with Crippen LogP contribution in [0.3, 0.4) is 0 Å². The molecule has 0 saturated carbocycles. The normalized spacial score (nSPS) is 18.3. The topological polar surface area (TPSA) is 86.2 Å². The molecule has 2 atom stereocenters. The average molecular weight is 427 g/mol. The van der Waals surface area contributed by atoms with Gasteiger partial charge in [-0.25, -0.2) is 0 Å². The molecule has 3 N–H and O–H groups in total. The Morgan fingerprint density at radius 2 is 2.07 bits per heavy atom. The molecular weight excluding hydrogens is 394 g/mol. The van der Waals surface area contributed by atoms with E-state index in [-0.39, 0.29) is 18.2 Å². The second-order valence-electron chi connectivity index (χ2n) is 7.45. The van der Waals surface area contributed by atoms with E-state index in [4.69, 9.17) is 0 Å². The minimum atomic E-state index is -2.88. The number of nitrogens with one attached hydrogen (secondary N) is 2. The number of ether oxygens (including phenoxy) is 1. The van der Waals surface area contributed by atoms with E-state index in [1.165, 1.54) is 30.7 Å². The van der Waals surface area contributed by atoms with Crippen LogP contribution in [-0.2, 0) is 4.79 Å². The second kappa shape index (κ2) is 12.3. The third kappa shape index (κ3) is 8.14. The summed E-state index contributed by atoms with van der Waals surface area (Å²) in [6.07, 6.45) is 1.71. The van der Waals surface area contributed by atoms with Crippen LogP contribution in [0.2, 0.25) is 0 Å². The van der Waals surface area contributed by atoms with Gasteiger partial charge in [0.2, 0.25) is 5.91 Å². The zero-order valence-electron chi connectivity index (χ0n) is 17.6. The van der Waals surface area contributed by atoms with Gasteiger partial charge >= 0.3 is 6.61 Å². The van der Waals surface area contributed by atoms with E-state index in [0.29, 0.717) is 37.0 Å². The SMILES string of the molecule is CCNC(=NCC(O)c1ccc(OC(F)F)cc1)NCCC(=O)N1CCCC(C)C1. The summed E-state index contributed by atoms with van der Waals surface area (Å²) in [6.45, 7) is 4.02. The van der Waals surface area contributed by atoms with Crippen molar-refractivity contribution in [2.24, 2.45) is 10.9 Å². The van der Waals surface area contributed by atoms with Crippen molar-refractivity contribution in [2.75, 3.05) is 32.7 Å². The maximum atomic E-state index is 12.4. The molecule has 0 radical (unpaired) electrons. The van der Waals surface area contributed by atoms with E-state index < -0.39 is 12.7 Å². The van der Waals surface area contributed by atoms with Gasteiger partial charge in [0.15, 0.2) is 5.96 Å². The maximum absolute atomic E-state index is 12.4. The lowest BCUT2D eigenvalue weighted by Gasteiger charge is -2.31. The molecule has 168 valence electrons. The molecule has 2 unspecified atom stereocenters. The minimum absolute atomic E-state index is 0.0345. The molecule has 1 heterocycles. The van der Waals surface area contributed by atoms with Crippen molar-refractivity contribution >= 4 is 11.9 Å². The van der Waals surface area contributed by atoms with Crippen LogP contribution >= 0.6 is 0 Å². The fourth-order valence-corrected chi connectivity index (χ4v) is 3.36. The van der Waals surface area contributed by atoms with Gasteiger partial charge in [-0.1, -0.05) is 19.1 Å². The number of hydrogen-bond acceptors (Lipinski definition) is 4. The fourth-order valence-electron chi connectivity index (χ4n) is 3.36. The molecule has 1 amide bonds. The van der Waals surface area contributed by atoms with E-state index in [9.17, 15) is 18.7 Å². The van der Waals surface area contributed by atoms with Gasteiger partial charge in [0.25, 0.3) is 0 Å². The number of guanidine groups is 1. The van der Waals surface area contributed by atoms with E-state index in [0.717, 1.165) is 19.5 Å². The number of carbonyl (C=O) groups is 1. The van der Waals surface area contributed by atoms with Gasteiger partial charge in [-0.05, 0) is 43.4 Å². The van der Waals surface area contributed by atoms with E-state index >= 15 is 0 Å². The van der Waals surface area contributed by atoms with Crippen molar-refractivity contribution < 1.29 is 23.4 Å². The number of benzene rings is 1. The molecule has 0 bridgehead atoms. The molecule has 1 aromatic rings. The minimum Gasteiger partial charge on any atom is -0.435 e. The number of likely N-dealkylation sites (tertiary alicyclic amines) is 1. The Balaban J connectivity index is 1.82. The molecule has 0 aliphatic carbocycles. The van der Waals surface area contributed by atoms with Gasteiger partial charge in [-0.15, -0.1) is 0 Å². The van der Waals surface area contributed by atoms with Crippen LogP contribution in [-0.4, -0.2) is 61.2 Å². The van der Waals surface area contributed by atoms with Crippen LogP contribution < -0.4 is 15.4 Å². The lowest BCUT2D eigenvalue weighted by atomic mass is 10.00. The Kier molecular flexibility index (Phi) is 9.79. The molecular formula is C21H32F2N4O3. The highest BCUT2D eigenvalue weighted by atomic mass is 19.3. The molecule has 1 saturated heterocycles. The van der Waals surface area contributed by atoms with Crippen LogP contribution in [0.1, 0.15) is 44.8 Å². The molecule has 9 heteroatoms. The Bertz CT molecular complexity index is 685. The van der Waals surface area contributed by atoms with Crippen molar-refractivity contribution in [1.82, 2.24) is 15.5 Å². The highest BCUT2D eigenvalue weighted by Gasteiger charge is 2.20. The van der Waals surface area contributed by atoms with Gasteiger partial charge in [-0.2, -0.15) is 8.78 Å². The average Bonchev–Trinajstić information content (AvgIpc) is 2.71. The number of alkyl halides is 2. The highest BCUT2D eigenvalue weighted by Crippen LogP contribution is 2.19.